The summed E-state index contributed by atoms with van der Waals surface area (Å²) in [5.41, 5.74) is -1.31. The van der Waals surface area contributed by atoms with Crippen molar-refractivity contribution in [3.05, 3.63) is 67.5 Å². The fourth-order valence-electron chi connectivity index (χ4n) is 6.12. The molecule has 38 heavy (non-hydrogen) atoms. The molecule has 1 saturated carbocycles. The highest BCUT2D eigenvalue weighted by molar-refractivity contribution is 5.91. The van der Waals surface area contributed by atoms with Crippen LogP contribution in [0.1, 0.15) is 62.1 Å². The van der Waals surface area contributed by atoms with E-state index in [1.165, 1.54) is 10.6 Å². The number of benzene rings is 1. The van der Waals surface area contributed by atoms with E-state index in [0.717, 1.165) is 6.42 Å². The van der Waals surface area contributed by atoms with Crippen molar-refractivity contribution in [2.45, 2.75) is 69.8 Å². The van der Waals surface area contributed by atoms with Gasteiger partial charge in [0.2, 0.25) is 0 Å². The molecule has 4 heterocycles. The summed E-state index contributed by atoms with van der Waals surface area (Å²) in [6.07, 6.45) is 2.76. The molecule has 0 bridgehead atoms. The first-order chi connectivity index (χ1) is 18.2. The van der Waals surface area contributed by atoms with Crippen LogP contribution in [0, 0.1) is 10.1 Å². The van der Waals surface area contributed by atoms with E-state index in [0.29, 0.717) is 46.3 Å². The number of esters is 1. The minimum absolute atomic E-state index is 0.0704. The number of cyclic esters (lactones) is 1. The van der Waals surface area contributed by atoms with Crippen LogP contribution in [0.4, 0.5) is 5.69 Å². The van der Waals surface area contributed by atoms with E-state index in [1.54, 1.807) is 31.2 Å². The van der Waals surface area contributed by atoms with Crippen molar-refractivity contribution < 1.29 is 29.1 Å². The van der Waals surface area contributed by atoms with Gasteiger partial charge in [-0.1, -0.05) is 19.4 Å². The lowest BCUT2D eigenvalue weighted by Gasteiger charge is -2.44. The van der Waals surface area contributed by atoms with Gasteiger partial charge >= 0.3 is 11.9 Å². The Kier molecular flexibility index (Phi) is 5.39. The number of nitrogens with zero attached hydrogens (tertiary/aromatic N) is 3. The van der Waals surface area contributed by atoms with Gasteiger partial charge in [-0.2, -0.15) is 0 Å². The summed E-state index contributed by atoms with van der Waals surface area (Å²) in [7, 11) is 0. The maximum atomic E-state index is 13.7. The number of carbonyl (C=O) groups is 2. The van der Waals surface area contributed by atoms with Crippen molar-refractivity contribution >= 4 is 28.5 Å². The normalized spacial score (nSPS) is 21.3. The second-order valence-electron chi connectivity index (χ2n) is 10.1. The minimum Gasteiger partial charge on any atom is -0.479 e. The van der Waals surface area contributed by atoms with Crippen LogP contribution in [0.2, 0.25) is 0 Å². The van der Waals surface area contributed by atoms with Crippen LogP contribution >= 0.6 is 0 Å². The van der Waals surface area contributed by atoms with Crippen LogP contribution in [0.3, 0.4) is 0 Å². The van der Waals surface area contributed by atoms with Gasteiger partial charge in [-0.05, 0) is 50.3 Å². The number of nitro benzene ring substituents is 1. The smallest absolute Gasteiger partial charge is 0.343 e. The molecule has 3 aromatic rings. The molecule has 1 fully saturated rings. The predicted octanol–water partition coefficient (Wildman–Crippen LogP) is 3.80. The summed E-state index contributed by atoms with van der Waals surface area (Å²) in [4.78, 5) is 55.3. The second-order valence-corrected chi connectivity index (χ2v) is 10.1. The monoisotopic (exact) mass is 519 g/mol. The lowest BCUT2D eigenvalue weighted by molar-refractivity contribution is -0.383. The van der Waals surface area contributed by atoms with Crippen LogP contribution in [0.5, 0.6) is 0 Å². The highest BCUT2D eigenvalue weighted by Crippen LogP contribution is 2.46. The molecular formula is C27H25N3O8. The second kappa shape index (κ2) is 8.45. The Bertz CT molecular complexity index is 1600. The van der Waals surface area contributed by atoms with E-state index < -0.39 is 33.6 Å². The van der Waals surface area contributed by atoms with E-state index in [9.17, 15) is 29.6 Å². The van der Waals surface area contributed by atoms with Crippen LogP contribution in [-0.2, 0) is 37.8 Å². The summed E-state index contributed by atoms with van der Waals surface area (Å²) >= 11 is 0. The van der Waals surface area contributed by atoms with Gasteiger partial charge in [0.15, 0.2) is 11.2 Å². The van der Waals surface area contributed by atoms with Gasteiger partial charge in [-0.3, -0.25) is 14.9 Å². The summed E-state index contributed by atoms with van der Waals surface area (Å²) in [5, 5.41) is 22.1. The first-order valence-electron chi connectivity index (χ1n) is 12.7. The van der Waals surface area contributed by atoms with Crippen LogP contribution in [-0.4, -0.2) is 37.1 Å². The Morgan fingerprint density at radius 2 is 2.00 bits per heavy atom. The Morgan fingerprint density at radius 3 is 2.68 bits per heavy atom. The molecule has 11 nitrogen and oxygen atoms in total. The van der Waals surface area contributed by atoms with Crippen molar-refractivity contribution in [3.8, 4) is 11.4 Å². The summed E-state index contributed by atoms with van der Waals surface area (Å²) in [6, 6.07) is 7.98. The number of aliphatic carboxylic acids is 1. The van der Waals surface area contributed by atoms with E-state index in [2.05, 4.69) is 4.98 Å². The van der Waals surface area contributed by atoms with Crippen molar-refractivity contribution in [2.24, 2.45) is 0 Å². The first-order valence-corrected chi connectivity index (χ1v) is 12.7. The largest absolute Gasteiger partial charge is 0.479 e. The van der Waals surface area contributed by atoms with Crippen LogP contribution in [0.25, 0.3) is 22.3 Å². The van der Waals surface area contributed by atoms with Gasteiger partial charge in [-0.25, -0.2) is 14.6 Å². The zero-order chi connectivity index (χ0) is 26.8. The maximum Gasteiger partial charge on any atom is 0.343 e. The molecule has 1 aliphatic carbocycles. The standard InChI is InChI=1S/C27H25N3O8/c1-2-27(38-26(24(32)33)9-4-3-5-10-26)18-12-21-22-15(13-29(21)23(31)17(18)14-37-25(27)34)11-16-19(28-22)7-6-8-20(16)30(35)36/h6-8,11-12H,2-5,9-10,13-14H2,1H3,(H,32,33)/t27-/m0/s1. The molecule has 2 aromatic heterocycles. The zero-order valence-corrected chi connectivity index (χ0v) is 20.7. The van der Waals surface area contributed by atoms with Gasteiger partial charge in [-0.15, -0.1) is 0 Å². The maximum absolute atomic E-state index is 13.7. The van der Waals surface area contributed by atoms with E-state index in [4.69, 9.17) is 9.47 Å². The number of nitro groups is 1. The number of fused-ring (bicyclic) bond motifs is 5. The SMILES string of the molecule is CC[C@@]1(OC2(C(=O)O)CCCCC2)C(=O)OCc2c1cc1n(c2=O)Cc2cc3c([N+](=O)[O-])cccc3nc2-1. The number of non-ortho nitro benzene ring substituents is 1. The molecule has 1 atom stereocenters. The van der Waals surface area contributed by atoms with E-state index >= 15 is 0 Å². The third kappa shape index (κ3) is 3.31. The molecule has 6 rings (SSSR count). The van der Waals surface area contributed by atoms with Crippen LogP contribution < -0.4 is 5.56 Å². The molecule has 0 amide bonds. The molecule has 1 aromatic carbocycles. The van der Waals surface area contributed by atoms with Crippen molar-refractivity contribution in [1.82, 2.24) is 9.55 Å². The average molecular weight is 520 g/mol. The first kappa shape index (κ1) is 24.2. The number of hydrogen-bond donors (Lipinski definition) is 1. The Morgan fingerprint density at radius 1 is 1.24 bits per heavy atom. The van der Waals surface area contributed by atoms with Gasteiger partial charge in [0.25, 0.3) is 11.2 Å². The number of aromatic nitrogens is 2. The number of hydrogen-bond acceptors (Lipinski definition) is 8. The van der Waals surface area contributed by atoms with Gasteiger partial charge in [0, 0.05) is 17.2 Å². The van der Waals surface area contributed by atoms with Gasteiger partial charge in [0.1, 0.15) is 6.61 Å². The van der Waals surface area contributed by atoms with Gasteiger partial charge in [0.05, 0.1) is 39.3 Å². The fourth-order valence-corrected chi connectivity index (χ4v) is 6.12. The van der Waals surface area contributed by atoms with E-state index in [-0.39, 0.29) is 43.7 Å². The number of pyridine rings is 2. The lowest BCUT2D eigenvalue weighted by atomic mass is 9.80. The Labute approximate surface area is 216 Å². The molecular weight excluding hydrogens is 494 g/mol. The number of ether oxygens (including phenoxy) is 2. The van der Waals surface area contributed by atoms with Crippen molar-refractivity contribution in [2.75, 3.05) is 0 Å². The predicted molar refractivity (Wildman–Crippen MR) is 133 cm³/mol. The molecule has 1 N–H and O–H groups in total. The molecule has 3 aliphatic rings. The van der Waals surface area contributed by atoms with E-state index in [1.807, 2.05) is 0 Å². The highest BCUT2D eigenvalue weighted by Gasteiger charge is 2.55. The quantitative estimate of drug-likeness (QED) is 0.236. The molecule has 0 saturated heterocycles. The zero-order valence-electron chi connectivity index (χ0n) is 20.7. The molecule has 0 spiro atoms. The number of carbonyl (C=O) groups excluding carboxylic acids is 1. The molecule has 0 unspecified atom stereocenters. The molecule has 11 heteroatoms. The van der Waals surface area contributed by atoms with Crippen molar-refractivity contribution in [1.29, 1.82) is 0 Å². The molecule has 196 valence electrons. The van der Waals surface area contributed by atoms with Crippen molar-refractivity contribution in [3.63, 3.8) is 0 Å². The lowest BCUT2D eigenvalue weighted by Crippen LogP contribution is -2.55. The summed E-state index contributed by atoms with van der Waals surface area (Å²) in [5.74, 6) is -1.86. The fraction of sp³-hybridized carbons (Fsp3) is 0.407. The number of rotatable bonds is 5. The summed E-state index contributed by atoms with van der Waals surface area (Å²) in [6.45, 7) is 1.60. The Hall–Kier alpha value is -4.12. The highest BCUT2D eigenvalue weighted by atomic mass is 16.6. The summed E-state index contributed by atoms with van der Waals surface area (Å²) < 4.78 is 13.3. The molecule has 0 radical (unpaired) electrons. The Balaban J connectivity index is 1.55. The number of carboxylic acid groups (broad SMARTS) is 1. The van der Waals surface area contributed by atoms with Gasteiger partial charge < -0.3 is 19.1 Å². The molecule has 2 aliphatic heterocycles. The third-order valence-electron chi connectivity index (χ3n) is 8.11. The van der Waals surface area contributed by atoms with Crippen LogP contribution in [0.15, 0.2) is 35.1 Å². The average Bonchev–Trinajstić information content (AvgIpc) is 3.27. The minimum atomic E-state index is -1.77. The number of carboxylic acids is 1. The third-order valence-corrected chi connectivity index (χ3v) is 8.11. The topological polar surface area (TPSA) is 151 Å².